The van der Waals surface area contributed by atoms with E-state index in [0.29, 0.717) is 24.3 Å². The van der Waals surface area contributed by atoms with Crippen LogP contribution in [0.1, 0.15) is 121 Å². The van der Waals surface area contributed by atoms with Crippen molar-refractivity contribution in [3.63, 3.8) is 0 Å². The maximum atomic E-state index is 12.1. The highest BCUT2D eigenvalue weighted by Crippen LogP contribution is 2.13. The van der Waals surface area contributed by atoms with E-state index in [9.17, 15) is 9.59 Å². The number of unbranched alkanes of at least 4 members (excludes halogenated alkanes) is 13. The highest BCUT2D eigenvalue weighted by atomic mass is 16.2. The molecule has 33 heavy (non-hydrogen) atoms. The van der Waals surface area contributed by atoms with Crippen LogP contribution >= 0.6 is 0 Å². The van der Waals surface area contributed by atoms with E-state index >= 15 is 0 Å². The SMILES string of the molecule is CCCCCCCCCCCCCCCCNCC(=O)Nc1cccc(C(=O)NCCC)c1. The average Bonchev–Trinajstić information content (AvgIpc) is 2.82. The molecule has 0 aliphatic heterocycles. The summed E-state index contributed by atoms with van der Waals surface area (Å²) in [7, 11) is 0. The summed E-state index contributed by atoms with van der Waals surface area (Å²) in [6, 6.07) is 7.08. The zero-order chi connectivity index (χ0) is 24.0. The van der Waals surface area contributed by atoms with Gasteiger partial charge in [-0.2, -0.15) is 0 Å². The van der Waals surface area contributed by atoms with Crippen molar-refractivity contribution in [1.82, 2.24) is 10.6 Å². The van der Waals surface area contributed by atoms with Crippen LogP contribution in [0.4, 0.5) is 5.69 Å². The molecule has 0 atom stereocenters. The molecule has 0 saturated carbocycles. The summed E-state index contributed by atoms with van der Waals surface area (Å²) >= 11 is 0. The van der Waals surface area contributed by atoms with Crippen LogP contribution < -0.4 is 16.0 Å². The minimum Gasteiger partial charge on any atom is -0.352 e. The molecule has 0 radical (unpaired) electrons. The second-order valence-electron chi connectivity index (χ2n) is 9.16. The number of carbonyl (C=O) groups is 2. The quantitative estimate of drug-likeness (QED) is 0.176. The highest BCUT2D eigenvalue weighted by Gasteiger charge is 2.07. The van der Waals surface area contributed by atoms with Gasteiger partial charge in [0.05, 0.1) is 6.54 Å². The van der Waals surface area contributed by atoms with Gasteiger partial charge in [0.2, 0.25) is 5.91 Å². The third-order valence-corrected chi connectivity index (χ3v) is 5.94. The Morgan fingerprint density at radius 3 is 1.85 bits per heavy atom. The van der Waals surface area contributed by atoms with Crippen molar-refractivity contribution in [1.29, 1.82) is 0 Å². The molecule has 1 aromatic rings. The zero-order valence-electron chi connectivity index (χ0n) is 21.4. The van der Waals surface area contributed by atoms with E-state index in [2.05, 4.69) is 22.9 Å². The van der Waals surface area contributed by atoms with Gasteiger partial charge in [0.15, 0.2) is 0 Å². The fourth-order valence-electron chi connectivity index (χ4n) is 3.93. The number of nitrogens with one attached hydrogen (secondary N) is 3. The van der Waals surface area contributed by atoms with Crippen LogP contribution in [0.2, 0.25) is 0 Å². The van der Waals surface area contributed by atoms with E-state index in [0.717, 1.165) is 19.4 Å². The van der Waals surface area contributed by atoms with Gasteiger partial charge in [0.25, 0.3) is 5.91 Å². The first-order valence-corrected chi connectivity index (χ1v) is 13.6. The number of hydrogen-bond acceptors (Lipinski definition) is 3. The Hall–Kier alpha value is -1.88. The molecule has 1 rings (SSSR count). The lowest BCUT2D eigenvalue weighted by Crippen LogP contribution is -2.29. The van der Waals surface area contributed by atoms with Crippen molar-refractivity contribution < 1.29 is 9.59 Å². The van der Waals surface area contributed by atoms with Crippen molar-refractivity contribution in [2.45, 2.75) is 110 Å². The number of hydrogen-bond donors (Lipinski definition) is 3. The second-order valence-corrected chi connectivity index (χ2v) is 9.16. The molecule has 0 aliphatic carbocycles. The van der Waals surface area contributed by atoms with Crippen LogP contribution in [0.3, 0.4) is 0 Å². The van der Waals surface area contributed by atoms with Crippen LogP contribution in [0, 0.1) is 0 Å². The van der Waals surface area contributed by atoms with Crippen molar-refractivity contribution in [3.8, 4) is 0 Å². The van der Waals surface area contributed by atoms with Gasteiger partial charge in [0.1, 0.15) is 0 Å². The lowest BCUT2D eigenvalue weighted by Gasteiger charge is -2.09. The fraction of sp³-hybridized carbons (Fsp3) is 0.714. The predicted octanol–water partition coefficient (Wildman–Crippen LogP) is 6.84. The van der Waals surface area contributed by atoms with Crippen molar-refractivity contribution in [3.05, 3.63) is 29.8 Å². The summed E-state index contributed by atoms with van der Waals surface area (Å²) < 4.78 is 0. The van der Waals surface area contributed by atoms with E-state index in [1.54, 1.807) is 18.2 Å². The predicted molar refractivity (Wildman–Crippen MR) is 141 cm³/mol. The van der Waals surface area contributed by atoms with Crippen LogP contribution in [0.5, 0.6) is 0 Å². The van der Waals surface area contributed by atoms with Crippen molar-refractivity contribution in [2.75, 3.05) is 25.0 Å². The largest absolute Gasteiger partial charge is 0.352 e. The molecule has 188 valence electrons. The minimum atomic E-state index is -0.108. The molecule has 0 bridgehead atoms. The monoisotopic (exact) mass is 459 g/mol. The topological polar surface area (TPSA) is 70.2 Å². The van der Waals surface area contributed by atoms with Crippen LogP contribution in [0.25, 0.3) is 0 Å². The number of carbonyl (C=O) groups excluding carboxylic acids is 2. The van der Waals surface area contributed by atoms with Crippen molar-refractivity contribution in [2.24, 2.45) is 0 Å². The first kappa shape index (κ1) is 29.2. The molecular formula is C28H49N3O2. The number of anilines is 1. The maximum Gasteiger partial charge on any atom is 0.251 e. The van der Waals surface area contributed by atoms with E-state index < -0.39 is 0 Å². The van der Waals surface area contributed by atoms with Gasteiger partial charge < -0.3 is 16.0 Å². The Bertz CT molecular complexity index is 633. The van der Waals surface area contributed by atoms with Gasteiger partial charge in [-0.05, 0) is 37.6 Å². The summed E-state index contributed by atoms with van der Waals surface area (Å²) in [4.78, 5) is 24.2. The summed E-state index contributed by atoms with van der Waals surface area (Å²) in [5.41, 5.74) is 1.22. The van der Waals surface area contributed by atoms with Crippen LogP contribution in [-0.2, 0) is 4.79 Å². The first-order valence-electron chi connectivity index (χ1n) is 13.6. The third-order valence-electron chi connectivity index (χ3n) is 5.94. The maximum absolute atomic E-state index is 12.1. The van der Waals surface area contributed by atoms with Crippen molar-refractivity contribution >= 4 is 17.5 Å². The molecule has 0 fully saturated rings. The van der Waals surface area contributed by atoms with Gasteiger partial charge in [-0.1, -0.05) is 103 Å². The molecular weight excluding hydrogens is 410 g/mol. The lowest BCUT2D eigenvalue weighted by atomic mass is 10.0. The Morgan fingerprint density at radius 1 is 0.697 bits per heavy atom. The molecule has 0 unspecified atom stereocenters. The minimum absolute atomic E-state index is 0.0773. The Balaban J connectivity index is 1.96. The van der Waals surface area contributed by atoms with Gasteiger partial charge in [-0.15, -0.1) is 0 Å². The van der Waals surface area contributed by atoms with Gasteiger partial charge in [-0.25, -0.2) is 0 Å². The Labute approximate surface area is 202 Å². The molecule has 2 amide bonds. The normalized spacial score (nSPS) is 10.8. The second kappa shape index (κ2) is 20.7. The number of benzene rings is 1. The molecule has 0 aliphatic rings. The summed E-state index contributed by atoms with van der Waals surface area (Å²) in [6.45, 7) is 6.10. The molecule has 1 aromatic carbocycles. The summed E-state index contributed by atoms with van der Waals surface area (Å²) in [5, 5.41) is 8.94. The van der Waals surface area contributed by atoms with Gasteiger partial charge in [0, 0.05) is 17.8 Å². The Morgan fingerprint density at radius 2 is 1.27 bits per heavy atom. The van der Waals surface area contributed by atoms with Gasteiger partial charge in [-0.3, -0.25) is 9.59 Å². The van der Waals surface area contributed by atoms with E-state index in [1.165, 1.54) is 83.5 Å². The standard InChI is InChI=1S/C28H49N3O2/c1-3-5-6-7-8-9-10-11-12-13-14-15-16-17-22-29-24-27(32)31-26-20-18-19-25(23-26)28(33)30-21-4-2/h18-20,23,29H,3-17,21-22,24H2,1-2H3,(H,30,33)(H,31,32). The zero-order valence-corrected chi connectivity index (χ0v) is 21.4. The smallest absolute Gasteiger partial charge is 0.251 e. The third kappa shape index (κ3) is 16.4. The van der Waals surface area contributed by atoms with E-state index in [4.69, 9.17) is 0 Å². The molecule has 0 aromatic heterocycles. The fourth-order valence-corrected chi connectivity index (χ4v) is 3.93. The molecule has 5 nitrogen and oxygen atoms in total. The van der Waals surface area contributed by atoms with E-state index in [1.807, 2.05) is 13.0 Å². The molecule has 3 N–H and O–H groups in total. The summed E-state index contributed by atoms with van der Waals surface area (Å²) in [6.07, 6.45) is 19.8. The average molecular weight is 460 g/mol. The lowest BCUT2D eigenvalue weighted by molar-refractivity contribution is -0.115. The molecule has 5 heteroatoms. The van der Waals surface area contributed by atoms with Crippen LogP contribution in [-0.4, -0.2) is 31.4 Å². The molecule has 0 heterocycles. The number of amides is 2. The Kier molecular flexibility index (Phi) is 18.3. The van der Waals surface area contributed by atoms with Gasteiger partial charge >= 0.3 is 0 Å². The molecule has 0 spiro atoms. The summed E-state index contributed by atoms with van der Waals surface area (Å²) in [5.74, 6) is -0.185. The van der Waals surface area contributed by atoms with E-state index in [-0.39, 0.29) is 11.8 Å². The molecule has 0 saturated heterocycles. The van der Waals surface area contributed by atoms with Crippen LogP contribution in [0.15, 0.2) is 24.3 Å². The number of rotatable bonds is 21. The first-order chi connectivity index (χ1) is 16.2. The highest BCUT2D eigenvalue weighted by molar-refractivity contribution is 5.97.